The van der Waals surface area contributed by atoms with Crippen LogP contribution in [0.2, 0.25) is 0 Å². The van der Waals surface area contributed by atoms with E-state index in [1.165, 1.54) is 18.4 Å². The third-order valence-electron chi connectivity index (χ3n) is 4.89. The summed E-state index contributed by atoms with van der Waals surface area (Å²) in [6.45, 7) is 2.81. The lowest BCUT2D eigenvalue weighted by atomic mass is 10.1. The largest absolute Gasteiger partial charge is 0.427 e. The number of nitrogens with zero attached hydrogens (tertiary/aromatic N) is 1. The molecule has 0 spiro atoms. The van der Waals surface area contributed by atoms with Gasteiger partial charge in [-0.3, -0.25) is 4.79 Å². The average Bonchev–Trinajstić information content (AvgIpc) is 2.69. The van der Waals surface area contributed by atoms with Crippen molar-refractivity contribution >= 4 is 5.97 Å². The molecule has 1 saturated heterocycles. The lowest BCUT2D eigenvalue weighted by Gasteiger charge is -2.40. The summed E-state index contributed by atoms with van der Waals surface area (Å²) in [4.78, 5) is 11.3. The first kappa shape index (κ1) is 14.2. The number of hydrogen-bond donors (Lipinski definition) is 0. The van der Waals surface area contributed by atoms with Gasteiger partial charge in [0.15, 0.2) is 6.04 Å². The summed E-state index contributed by atoms with van der Waals surface area (Å²) in [5.74, 6) is 7.17. The normalized spacial score (nSPS) is 29.6. The summed E-state index contributed by atoms with van der Waals surface area (Å²) in [6, 6.07) is 9.10. The number of carbonyl (C=O) groups is 1. The molecule has 1 unspecified atom stereocenters. The molecule has 0 aromatic heterocycles. The quantitative estimate of drug-likeness (QED) is 0.368. The first-order chi connectivity index (χ1) is 10.1. The highest BCUT2D eigenvalue weighted by Crippen LogP contribution is 2.37. The van der Waals surface area contributed by atoms with Crippen LogP contribution in [0.4, 0.5) is 0 Å². The Morgan fingerprint density at radius 2 is 2.10 bits per heavy atom. The molecule has 1 aromatic rings. The van der Waals surface area contributed by atoms with Gasteiger partial charge in [-0.05, 0) is 30.2 Å². The Hall–Kier alpha value is -1.79. The zero-order chi connectivity index (χ0) is 14.9. The lowest BCUT2D eigenvalue weighted by Crippen LogP contribution is -2.53. The fourth-order valence-corrected chi connectivity index (χ4v) is 3.52. The highest BCUT2D eigenvalue weighted by molar-refractivity contribution is 5.71. The van der Waals surface area contributed by atoms with Crippen molar-refractivity contribution in [3.8, 4) is 17.6 Å². The highest BCUT2D eigenvalue weighted by atomic mass is 16.5. The second kappa shape index (κ2) is 5.54. The summed E-state index contributed by atoms with van der Waals surface area (Å²) >= 11 is 0. The van der Waals surface area contributed by atoms with Crippen molar-refractivity contribution in [1.29, 1.82) is 0 Å². The molecule has 0 N–H and O–H groups in total. The molecule has 2 aliphatic rings. The first-order valence-corrected chi connectivity index (χ1v) is 7.74. The summed E-state index contributed by atoms with van der Waals surface area (Å²) in [5, 5.41) is 0. The van der Waals surface area contributed by atoms with Crippen LogP contribution in [0.15, 0.2) is 24.3 Å². The minimum Gasteiger partial charge on any atom is -0.427 e. The van der Waals surface area contributed by atoms with Gasteiger partial charge in [0.2, 0.25) is 0 Å². The number of quaternary nitrogens is 1. The number of carbonyl (C=O) groups excluding carboxylic acids is 1. The minimum atomic E-state index is -0.189. The minimum absolute atomic E-state index is 0.189. The molecule has 21 heavy (non-hydrogen) atoms. The number of benzene rings is 1. The van der Waals surface area contributed by atoms with E-state index in [2.05, 4.69) is 31.0 Å². The van der Waals surface area contributed by atoms with Crippen molar-refractivity contribution in [2.45, 2.75) is 51.2 Å². The third kappa shape index (κ3) is 2.69. The second-order valence-electron chi connectivity index (χ2n) is 6.25. The van der Waals surface area contributed by atoms with Gasteiger partial charge in [-0.25, -0.2) is 0 Å². The molecule has 0 radical (unpaired) electrons. The monoisotopic (exact) mass is 284 g/mol. The van der Waals surface area contributed by atoms with Gasteiger partial charge < -0.3 is 9.22 Å². The fraction of sp³-hybridized carbons (Fsp3) is 0.500. The van der Waals surface area contributed by atoms with Gasteiger partial charge in [0.05, 0.1) is 13.5 Å². The Kier molecular flexibility index (Phi) is 3.73. The Bertz CT molecular complexity index is 596. The molecule has 3 rings (SSSR count). The molecular formula is C18H22NO2+. The summed E-state index contributed by atoms with van der Waals surface area (Å²) < 4.78 is 6.26. The molecule has 0 saturated carbocycles. The molecule has 2 bridgehead atoms. The van der Waals surface area contributed by atoms with Crippen molar-refractivity contribution in [3.63, 3.8) is 0 Å². The van der Waals surface area contributed by atoms with Crippen molar-refractivity contribution in [3.05, 3.63) is 29.8 Å². The molecule has 110 valence electrons. The molecule has 1 aromatic carbocycles. The number of fused-ring (bicyclic) bond motifs is 2. The topological polar surface area (TPSA) is 26.3 Å². The zero-order valence-corrected chi connectivity index (χ0v) is 12.8. The van der Waals surface area contributed by atoms with E-state index in [9.17, 15) is 4.79 Å². The van der Waals surface area contributed by atoms with Crippen LogP contribution in [-0.4, -0.2) is 29.6 Å². The van der Waals surface area contributed by atoms with Crippen LogP contribution in [0.1, 0.15) is 38.2 Å². The van der Waals surface area contributed by atoms with Crippen LogP contribution in [0.5, 0.6) is 5.75 Å². The van der Waals surface area contributed by atoms with E-state index in [0.717, 1.165) is 17.4 Å². The maximum Gasteiger partial charge on any atom is 0.310 e. The second-order valence-corrected chi connectivity index (χ2v) is 6.25. The van der Waals surface area contributed by atoms with Crippen molar-refractivity contribution in [1.82, 2.24) is 0 Å². The first-order valence-electron chi connectivity index (χ1n) is 7.74. The summed E-state index contributed by atoms with van der Waals surface area (Å²) in [6.07, 6.45) is 3.92. The van der Waals surface area contributed by atoms with E-state index in [-0.39, 0.29) is 5.97 Å². The smallest absolute Gasteiger partial charge is 0.310 e. The maximum absolute atomic E-state index is 11.3. The van der Waals surface area contributed by atoms with Gasteiger partial charge >= 0.3 is 5.97 Å². The predicted molar refractivity (Wildman–Crippen MR) is 81.5 cm³/mol. The van der Waals surface area contributed by atoms with Crippen LogP contribution >= 0.6 is 0 Å². The molecule has 0 amide bonds. The Labute approximate surface area is 126 Å². The van der Waals surface area contributed by atoms with E-state index in [0.29, 0.717) is 24.3 Å². The number of hydrogen-bond acceptors (Lipinski definition) is 2. The average molecular weight is 284 g/mol. The van der Waals surface area contributed by atoms with Gasteiger partial charge in [-0.2, -0.15) is 0 Å². The molecule has 3 heteroatoms. The summed E-state index contributed by atoms with van der Waals surface area (Å²) in [5.41, 5.74) is 1.29. The molecule has 2 aliphatic heterocycles. The van der Waals surface area contributed by atoms with Crippen LogP contribution in [0.3, 0.4) is 0 Å². The maximum atomic E-state index is 11.3. The van der Waals surface area contributed by atoms with Gasteiger partial charge in [0, 0.05) is 24.8 Å². The summed E-state index contributed by atoms with van der Waals surface area (Å²) in [7, 11) is 2.33. The van der Waals surface area contributed by atoms with Gasteiger partial charge in [0.25, 0.3) is 0 Å². The van der Waals surface area contributed by atoms with E-state index in [1.54, 1.807) is 6.92 Å². The van der Waals surface area contributed by atoms with Crippen molar-refractivity contribution < 1.29 is 14.0 Å². The van der Waals surface area contributed by atoms with E-state index in [1.807, 2.05) is 12.1 Å². The number of ether oxygens (including phenoxy) is 1. The van der Waals surface area contributed by atoms with Crippen LogP contribution in [0.25, 0.3) is 0 Å². The van der Waals surface area contributed by atoms with Crippen molar-refractivity contribution in [2.24, 2.45) is 0 Å². The SMILES string of the molecule is CCC(=O)Oc1ccc(C[N+]2(C)[C@@H]3CC#C[C@H]2CC3)cc1. The van der Waals surface area contributed by atoms with Gasteiger partial charge in [-0.1, -0.05) is 12.8 Å². The fourth-order valence-electron chi connectivity index (χ4n) is 3.52. The van der Waals surface area contributed by atoms with Crippen LogP contribution in [-0.2, 0) is 11.3 Å². The standard InChI is InChI=1S/C18H22NO2/c1-3-18(20)21-17-11-7-14(8-12-17)13-19(2)15-5-4-6-16(19)10-9-15/h7-8,11-12,15-16H,3,5,9-10,13H2,1-2H3/q+1/t15-,16+,19?/m1/s1. The van der Waals surface area contributed by atoms with E-state index >= 15 is 0 Å². The van der Waals surface area contributed by atoms with Crippen LogP contribution < -0.4 is 4.74 Å². The molecule has 0 aliphatic carbocycles. The third-order valence-corrected chi connectivity index (χ3v) is 4.89. The molecular weight excluding hydrogens is 262 g/mol. The van der Waals surface area contributed by atoms with Crippen LogP contribution in [0, 0.1) is 11.8 Å². The number of rotatable bonds is 4. The lowest BCUT2D eigenvalue weighted by molar-refractivity contribution is -0.949. The van der Waals surface area contributed by atoms with Gasteiger partial charge in [-0.15, -0.1) is 0 Å². The molecule has 1 fully saturated rings. The van der Waals surface area contributed by atoms with E-state index < -0.39 is 0 Å². The molecule has 3 atom stereocenters. The number of esters is 1. The Morgan fingerprint density at radius 3 is 2.76 bits per heavy atom. The molecule has 2 heterocycles. The Balaban J connectivity index is 1.71. The van der Waals surface area contributed by atoms with E-state index in [4.69, 9.17) is 4.74 Å². The highest BCUT2D eigenvalue weighted by Gasteiger charge is 2.46. The molecule has 3 nitrogen and oxygen atoms in total. The van der Waals surface area contributed by atoms with Gasteiger partial charge in [0.1, 0.15) is 18.3 Å². The van der Waals surface area contributed by atoms with Crippen molar-refractivity contribution in [2.75, 3.05) is 7.05 Å². The zero-order valence-electron chi connectivity index (χ0n) is 12.8. The Morgan fingerprint density at radius 1 is 1.33 bits per heavy atom. The predicted octanol–water partition coefficient (Wildman–Crippen LogP) is 2.89.